The van der Waals surface area contributed by atoms with Gasteiger partial charge >= 0.3 is 5.97 Å². The average molecular weight is 374 g/mol. The Morgan fingerprint density at radius 2 is 1.74 bits per heavy atom. The number of aromatic carboxylic acids is 1. The zero-order chi connectivity index (χ0) is 18.8. The molecule has 1 amide bonds. The summed E-state index contributed by atoms with van der Waals surface area (Å²) in [4.78, 5) is 28.3. The van der Waals surface area contributed by atoms with E-state index in [-0.39, 0.29) is 11.5 Å². The molecule has 4 rings (SSSR count). The monoisotopic (exact) mass is 374 g/mol. The molecule has 1 saturated heterocycles. The molecule has 0 bridgehead atoms. The zero-order valence-corrected chi connectivity index (χ0v) is 14.9. The molecule has 0 aromatic heterocycles. The van der Waals surface area contributed by atoms with Gasteiger partial charge in [-0.2, -0.15) is 0 Å². The first-order valence-electron chi connectivity index (χ1n) is 8.21. The maximum Gasteiger partial charge on any atom is 0.335 e. The Bertz CT molecular complexity index is 1110. The summed E-state index contributed by atoms with van der Waals surface area (Å²) in [6.45, 7) is 0. The summed E-state index contributed by atoms with van der Waals surface area (Å²) < 4.78 is 0. The lowest BCUT2D eigenvalue weighted by molar-refractivity contribution is -0.115. The molecule has 2 N–H and O–H groups in total. The maximum absolute atomic E-state index is 12.2. The first kappa shape index (κ1) is 17.1. The van der Waals surface area contributed by atoms with E-state index in [9.17, 15) is 9.59 Å². The zero-order valence-electron chi connectivity index (χ0n) is 14.0. The van der Waals surface area contributed by atoms with Gasteiger partial charge in [0.2, 0.25) is 0 Å². The minimum absolute atomic E-state index is 0.207. The minimum atomic E-state index is -0.980. The molecule has 0 atom stereocenters. The standard InChI is InChI=1S/C21H14N2O3S/c24-19-18(12-13-8-10-15(11-9-13)20(25)26)27-21(23-19)22-17-7-3-5-14-4-1-2-6-16(14)17/h1-12H,(H,25,26)(H,22,23,24). The minimum Gasteiger partial charge on any atom is -0.478 e. The number of carbonyl (C=O) groups is 2. The van der Waals surface area contributed by atoms with Crippen LogP contribution in [0.2, 0.25) is 0 Å². The predicted molar refractivity (Wildman–Crippen MR) is 108 cm³/mol. The molecule has 27 heavy (non-hydrogen) atoms. The van der Waals surface area contributed by atoms with E-state index in [1.807, 2.05) is 42.5 Å². The van der Waals surface area contributed by atoms with Gasteiger partial charge in [-0.3, -0.25) is 4.79 Å². The van der Waals surface area contributed by atoms with Crippen molar-refractivity contribution in [1.82, 2.24) is 5.32 Å². The molecule has 0 aliphatic carbocycles. The second kappa shape index (κ2) is 7.09. The molecule has 3 aromatic rings. The van der Waals surface area contributed by atoms with E-state index < -0.39 is 5.97 Å². The predicted octanol–water partition coefficient (Wildman–Crippen LogP) is 4.43. The topological polar surface area (TPSA) is 78.8 Å². The van der Waals surface area contributed by atoms with Crippen LogP contribution in [0.1, 0.15) is 15.9 Å². The van der Waals surface area contributed by atoms with Crippen LogP contribution in [0.5, 0.6) is 0 Å². The number of aliphatic imine (C=N–C) groups is 1. The van der Waals surface area contributed by atoms with Gasteiger partial charge in [0.25, 0.3) is 5.91 Å². The number of carboxylic acid groups (broad SMARTS) is 1. The van der Waals surface area contributed by atoms with Gasteiger partial charge in [0.05, 0.1) is 16.2 Å². The molecule has 5 nitrogen and oxygen atoms in total. The van der Waals surface area contributed by atoms with Crippen molar-refractivity contribution in [3.8, 4) is 0 Å². The number of nitrogens with zero attached hydrogens (tertiary/aromatic N) is 1. The van der Waals surface area contributed by atoms with Gasteiger partial charge in [0.15, 0.2) is 5.17 Å². The summed E-state index contributed by atoms with van der Waals surface area (Å²) in [6.07, 6.45) is 1.72. The van der Waals surface area contributed by atoms with E-state index in [1.54, 1.807) is 18.2 Å². The molecule has 6 heteroatoms. The van der Waals surface area contributed by atoms with Gasteiger partial charge in [0, 0.05) is 5.39 Å². The van der Waals surface area contributed by atoms with Gasteiger partial charge in [-0.25, -0.2) is 9.79 Å². The van der Waals surface area contributed by atoms with Crippen molar-refractivity contribution < 1.29 is 14.7 Å². The van der Waals surface area contributed by atoms with Gasteiger partial charge < -0.3 is 10.4 Å². The van der Waals surface area contributed by atoms with E-state index in [4.69, 9.17) is 5.11 Å². The second-order valence-electron chi connectivity index (χ2n) is 5.91. The quantitative estimate of drug-likeness (QED) is 0.665. The fourth-order valence-corrected chi connectivity index (χ4v) is 3.60. The number of carboxylic acids is 1. The third-order valence-corrected chi connectivity index (χ3v) is 5.00. The summed E-state index contributed by atoms with van der Waals surface area (Å²) in [6, 6.07) is 20.2. The number of hydrogen-bond acceptors (Lipinski definition) is 4. The van der Waals surface area contributed by atoms with Gasteiger partial charge in [-0.15, -0.1) is 0 Å². The SMILES string of the molecule is O=C1NC(=Nc2cccc3ccccc23)SC1=Cc1ccc(C(=O)O)cc1. The lowest BCUT2D eigenvalue weighted by Gasteiger charge is -2.02. The van der Waals surface area contributed by atoms with Crippen molar-refractivity contribution in [3.63, 3.8) is 0 Å². The highest BCUT2D eigenvalue weighted by Crippen LogP contribution is 2.31. The number of rotatable bonds is 3. The normalized spacial score (nSPS) is 16.8. The molecule has 1 heterocycles. The van der Waals surface area contributed by atoms with Crippen LogP contribution in [0.25, 0.3) is 16.8 Å². The van der Waals surface area contributed by atoms with Crippen LogP contribution in [0.15, 0.2) is 76.6 Å². The van der Waals surface area contributed by atoms with Crippen molar-refractivity contribution in [1.29, 1.82) is 0 Å². The van der Waals surface area contributed by atoms with E-state index in [0.29, 0.717) is 10.1 Å². The number of thioether (sulfide) groups is 1. The molecule has 3 aromatic carbocycles. The summed E-state index contributed by atoms with van der Waals surface area (Å²) >= 11 is 1.26. The van der Waals surface area contributed by atoms with Gasteiger partial charge in [0.1, 0.15) is 0 Å². The first-order chi connectivity index (χ1) is 13.1. The van der Waals surface area contributed by atoms with E-state index in [2.05, 4.69) is 10.3 Å². The van der Waals surface area contributed by atoms with Crippen molar-refractivity contribution >= 4 is 51.3 Å². The van der Waals surface area contributed by atoms with E-state index in [1.165, 1.54) is 23.9 Å². The van der Waals surface area contributed by atoms with Crippen LogP contribution in [0.3, 0.4) is 0 Å². The highest BCUT2D eigenvalue weighted by atomic mass is 32.2. The largest absolute Gasteiger partial charge is 0.478 e. The third-order valence-electron chi connectivity index (χ3n) is 4.09. The van der Waals surface area contributed by atoms with E-state index in [0.717, 1.165) is 22.0 Å². The first-order valence-corrected chi connectivity index (χ1v) is 9.02. The summed E-state index contributed by atoms with van der Waals surface area (Å²) in [5, 5.41) is 14.4. The van der Waals surface area contributed by atoms with Crippen LogP contribution < -0.4 is 5.32 Å². The van der Waals surface area contributed by atoms with Crippen LogP contribution in [-0.4, -0.2) is 22.2 Å². The summed E-state index contributed by atoms with van der Waals surface area (Å²) in [5.41, 5.74) is 1.76. The molecule has 0 unspecified atom stereocenters. The van der Waals surface area contributed by atoms with Gasteiger partial charge in [-0.1, -0.05) is 48.5 Å². The lowest BCUT2D eigenvalue weighted by Crippen LogP contribution is -2.19. The third kappa shape index (κ3) is 3.61. The molecular formula is C21H14N2O3S. The smallest absolute Gasteiger partial charge is 0.335 e. The number of fused-ring (bicyclic) bond motifs is 1. The van der Waals surface area contributed by atoms with Crippen LogP contribution in [0.4, 0.5) is 5.69 Å². The number of hydrogen-bond donors (Lipinski definition) is 2. The van der Waals surface area contributed by atoms with Gasteiger partial charge in [-0.05, 0) is 47.0 Å². The maximum atomic E-state index is 12.2. The molecule has 1 aliphatic heterocycles. The highest BCUT2D eigenvalue weighted by molar-refractivity contribution is 8.18. The molecule has 0 radical (unpaired) electrons. The Kier molecular flexibility index (Phi) is 4.48. The second-order valence-corrected chi connectivity index (χ2v) is 6.94. The molecule has 0 spiro atoms. The molecule has 0 saturated carbocycles. The van der Waals surface area contributed by atoms with Crippen molar-refractivity contribution in [3.05, 3.63) is 82.8 Å². The Labute approximate surface area is 159 Å². The Morgan fingerprint density at radius 1 is 1.00 bits per heavy atom. The fourth-order valence-electron chi connectivity index (χ4n) is 2.77. The van der Waals surface area contributed by atoms with Crippen LogP contribution in [-0.2, 0) is 4.79 Å². The molecular weight excluding hydrogens is 360 g/mol. The van der Waals surface area contributed by atoms with Crippen molar-refractivity contribution in [2.45, 2.75) is 0 Å². The molecule has 1 fully saturated rings. The Hall–Kier alpha value is -3.38. The van der Waals surface area contributed by atoms with E-state index >= 15 is 0 Å². The number of nitrogens with one attached hydrogen (secondary N) is 1. The van der Waals surface area contributed by atoms with Crippen LogP contribution >= 0.6 is 11.8 Å². The number of amides is 1. The summed E-state index contributed by atoms with van der Waals surface area (Å²) in [7, 11) is 0. The Balaban J connectivity index is 1.61. The Morgan fingerprint density at radius 3 is 2.52 bits per heavy atom. The lowest BCUT2D eigenvalue weighted by atomic mass is 10.1. The highest BCUT2D eigenvalue weighted by Gasteiger charge is 2.24. The average Bonchev–Trinajstić information content (AvgIpc) is 3.01. The van der Waals surface area contributed by atoms with Crippen molar-refractivity contribution in [2.24, 2.45) is 4.99 Å². The van der Waals surface area contributed by atoms with Crippen molar-refractivity contribution in [2.75, 3.05) is 0 Å². The molecule has 1 aliphatic rings. The number of carbonyl (C=O) groups excluding carboxylic acids is 1. The van der Waals surface area contributed by atoms with Crippen LogP contribution in [0, 0.1) is 0 Å². The molecule has 132 valence electrons. The number of amidine groups is 1. The fraction of sp³-hybridized carbons (Fsp3) is 0. The summed E-state index contributed by atoms with van der Waals surface area (Å²) in [5.74, 6) is -1.20. The number of benzene rings is 3.